The molecule has 1 aromatic rings. The zero-order chi connectivity index (χ0) is 9.26. The molecular weight excluding hydrogens is 162 g/mol. The molecule has 1 aliphatic carbocycles. The molecule has 1 atom stereocenters. The fourth-order valence-corrected chi connectivity index (χ4v) is 1.99. The first-order valence-electron chi connectivity index (χ1n) is 4.82. The van der Waals surface area contributed by atoms with E-state index in [4.69, 9.17) is 5.73 Å². The van der Waals surface area contributed by atoms with Gasteiger partial charge in [-0.25, -0.2) is 0 Å². The quantitative estimate of drug-likeness (QED) is 0.591. The maximum atomic E-state index is 9.33. The Morgan fingerprint density at radius 3 is 3.00 bits per heavy atom. The lowest BCUT2D eigenvalue weighted by Crippen LogP contribution is -2.21. The number of phenols is 1. The first-order valence-corrected chi connectivity index (χ1v) is 4.82. The molecule has 0 saturated carbocycles. The molecule has 0 unspecified atom stereocenters. The average molecular weight is 177 g/mol. The van der Waals surface area contributed by atoms with Crippen molar-refractivity contribution in [3.63, 3.8) is 0 Å². The highest BCUT2D eigenvalue weighted by molar-refractivity contribution is 5.36. The molecule has 2 nitrogen and oxygen atoms in total. The minimum absolute atomic E-state index is 0.267. The Morgan fingerprint density at radius 1 is 1.31 bits per heavy atom. The smallest absolute Gasteiger partial charge is 0.115 e. The van der Waals surface area contributed by atoms with Gasteiger partial charge in [0.2, 0.25) is 0 Å². The molecule has 0 radical (unpaired) electrons. The summed E-state index contributed by atoms with van der Waals surface area (Å²) in [5, 5.41) is 9.33. The third-order valence-corrected chi connectivity index (χ3v) is 2.69. The van der Waals surface area contributed by atoms with E-state index in [1.807, 2.05) is 12.1 Å². The van der Waals surface area contributed by atoms with Crippen LogP contribution in [0.25, 0.3) is 0 Å². The molecule has 1 aromatic carbocycles. The summed E-state index contributed by atoms with van der Waals surface area (Å²) in [6, 6.07) is 5.89. The lowest BCUT2D eigenvalue weighted by atomic mass is 10.0. The minimum Gasteiger partial charge on any atom is -0.508 e. The molecule has 2 rings (SSSR count). The number of phenolic OH excluding ortho intramolecular Hbond substituents is 1. The number of benzene rings is 1. The molecular formula is C11H15NO. The highest BCUT2D eigenvalue weighted by Crippen LogP contribution is 2.23. The molecule has 2 heteroatoms. The first kappa shape index (κ1) is 8.57. The lowest BCUT2D eigenvalue weighted by Gasteiger charge is -2.08. The van der Waals surface area contributed by atoms with Crippen molar-refractivity contribution in [2.45, 2.75) is 31.7 Å². The number of rotatable bonds is 0. The van der Waals surface area contributed by atoms with Crippen molar-refractivity contribution in [1.29, 1.82) is 0 Å². The summed E-state index contributed by atoms with van der Waals surface area (Å²) in [6.07, 6.45) is 4.27. The number of aromatic hydroxyl groups is 1. The Balaban J connectivity index is 2.35. The van der Waals surface area contributed by atoms with E-state index in [1.54, 1.807) is 6.07 Å². The van der Waals surface area contributed by atoms with E-state index in [9.17, 15) is 5.11 Å². The molecule has 0 bridgehead atoms. The first-order chi connectivity index (χ1) is 6.25. The fourth-order valence-electron chi connectivity index (χ4n) is 1.99. The third-order valence-electron chi connectivity index (χ3n) is 2.69. The summed E-state index contributed by atoms with van der Waals surface area (Å²) in [4.78, 5) is 0. The normalized spacial score (nSPS) is 22.1. The monoisotopic (exact) mass is 177 g/mol. The topological polar surface area (TPSA) is 46.2 Å². The van der Waals surface area contributed by atoms with Gasteiger partial charge in [0.15, 0.2) is 0 Å². The summed E-state index contributed by atoms with van der Waals surface area (Å²) in [5.74, 6) is 0.354. The van der Waals surface area contributed by atoms with E-state index in [1.165, 1.54) is 17.5 Å². The van der Waals surface area contributed by atoms with Crippen LogP contribution in [0.2, 0.25) is 0 Å². The Morgan fingerprint density at radius 2 is 2.15 bits per heavy atom. The van der Waals surface area contributed by atoms with Crippen LogP contribution < -0.4 is 5.73 Å². The second-order valence-electron chi connectivity index (χ2n) is 3.81. The second kappa shape index (κ2) is 3.38. The maximum Gasteiger partial charge on any atom is 0.115 e. The lowest BCUT2D eigenvalue weighted by molar-refractivity contribution is 0.474. The Kier molecular flexibility index (Phi) is 2.23. The van der Waals surface area contributed by atoms with Gasteiger partial charge in [-0.2, -0.15) is 0 Å². The van der Waals surface area contributed by atoms with Crippen LogP contribution in [0.15, 0.2) is 18.2 Å². The van der Waals surface area contributed by atoms with Gasteiger partial charge in [0, 0.05) is 6.04 Å². The van der Waals surface area contributed by atoms with Gasteiger partial charge in [-0.15, -0.1) is 0 Å². The minimum atomic E-state index is 0.267. The van der Waals surface area contributed by atoms with E-state index in [0.717, 1.165) is 19.3 Å². The van der Waals surface area contributed by atoms with Gasteiger partial charge in [0.25, 0.3) is 0 Å². The summed E-state index contributed by atoms with van der Waals surface area (Å²) < 4.78 is 0. The molecule has 1 aliphatic rings. The van der Waals surface area contributed by atoms with Crippen LogP contribution >= 0.6 is 0 Å². The molecule has 0 spiro atoms. The number of hydrogen-bond donors (Lipinski definition) is 2. The van der Waals surface area contributed by atoms with Crippen LogP contribution in [0.1, 0.15) is 24.0 Å². The maximum absolute atomic E-state index is 9.33. The molecule has 0 heterocycles. The molecule has 3 N–H and O–H groups in total. The van der Waals surface area contributed by atoms with Crippen LogP contribution in [-0.4, -0.2) is 11.1 Å². The van der Waals surface area contributed by atoms with Crippen molar-refractivity contribution in [2.75, 3.05) is 0 Å². The number of hydrogen-bond acceptors (Lipinski definition) is 2. The molecule has 70 valence electrons. The second-order valence-corrected chi connectivity index (χ2v) is 3.81. The molecule has 13 heavy (non-hydrogen) atoms. The van der Waals surface area contributed by atoms with Gasteiger partial charge in [0.1, 0.15) is 5.75 Å². The molecule has 0 aliphatic heterocycles. The van der Waals surface area contributed by atoms with E-state index in [-0.39, 0.29) is 6.04 Å². The highest BCUT2D eigenvalue weighted by Gasteiger charge is 2.13. The highest BCUT2D eigenvalue weighted by atomic mass is 16.3. The van der Waals surface area contributed by atoms with E-state index < -0.39 is 0 Å². The van der Waals surface area contributed by atoms with Crippen molar-refractivity contribution >= 4 is 0 Å². The molecule has 0 fully saturated rings. The molecule has 0 amide bonds. The fraction of sp³-hybridized carbons (Fsp3) is 0.455. The predicted molar refractivity (Wildman–Crippen MR) is 52.7 cm³/mol. The van der Waals surface area contributed by atoms with Gasteiger partial charge in [0.05, 0.1) is 0 Å². The number of aryl methyl sites for hydroxylation is 1. The van der Waals surface area contributed by atoms with Gasteiger partial charge in [-0.05, 0) is 48.9 Å². The van der Waals surface area contributed by atoms with Crippen molar-refractivity contribution < 1.29 is 5.11 Å². The zero-order valence-corrected chi connectivity index (χ0v) is 7.66. The van der Waals surface area contributed by atoms with Gasteiger partial charge < -0.3 is 10.8 Å². The summed E-state index contributed by atoms with van der Waals surface area (Å²) >= 11 is 0. The van der Waals surface area contributed by atoms with Gasteiger partial charge >= 0.3 is 0 Å². The largest absolute Gasteiger partial charge is 0.508 e. The van der Waals surface area contributed by atoms with Crippen LogP contribution in [-0.2, 0) is 12.8 Å². The van der Waals surface area contributed by atoms with Crippen molar-refractivity contribution in [2.24, 2.45) is 5.73 Å². The van der Waals surface area contributed by atoms with Crippen molar-refractivity contribution in [3.05, 3.63) is 29.3 Å². The van der Waals surface area contributed by atoms with Crippen LogP contribution in [0, 0.1) is 0 Å². The molecule has 0 aromatic heterocycles. The number of fused-ring (bicyclic) bond motifs is 1. The Bertz CT molecular complexity index is 309. The zero-order valence-electron chi connectivity index (χ0n) is 7.66. The van der Waals surface area contributed by atoms with Crippen molar-refractivity contribution in [3.8, 4) is 5.75 Å². The van der Waals surface area contributed by atoms with E-state index in [2.05, 4.69) is 0 Å². The average Bonchev–Trinajstić information content (AvgIpc) is 2.25. The number of nitrogens with two attached hydrogens (primary N) is 1. The Labute approximate surface area is 78.4 Å². The summed E-state index contributed by atoms with van der Waals surface area (Å²) in [7, 11) is 0. The molecule has 0 saturated heterocycles. The van der Waals surface area contributed by atoms with Gasteiger partial charge in [-0.3, -0.25) is 0 Å². The van der Waals surface area contributed by atoms with E-state index >= 15 is 0 Å². The van der Waals surface area contributed by atoms with Crippen LogP contribution in [0.3, 0.4) is 0 Å². The van der Waals surface area contributed by atoms with Crippen LogP contribution in [0.4, 0.5) is 0 Å². The SMILES string of the molecule is N[C@H]1CCCc2ccc(O)cc2C1. The predicted octanol–water partition coefficient (Wildman–Crippen LogP) is 1.60. The third kappa shape index (κ3) is 1.83. The summed E-state index contributed by atoms with van der Waals surface area (Å²) in [5.41, 5.74) is 8.50. The van der Waals surface area contributed by atoms with Gasteiger partial charge in [-0.1, -0.05) is 6.07 Å². The van der Waals surface area contributed by atoms with E-state index in [0.29, 0.717) is 5.75 Å². The van der Waals surface area contributed by atoms with Crippen molar-refractivity contribution in [1.82, 2.24) is 0 Å². The standard InChI is InChI=1S/C11H15NO/c12-10-3-1-2-8-4-5-11(13)7-9(8)6-10/h4-5,7,10,13H,1-3,6,12H2/t10-/m0/s1. The van der Waals surface area contributed by atoms with Crippen LogP contribution in [0.5, 0.6) is 5.75 Å². The Hall–Kier alpha value is -1.02. The summed E-state index contributed by atoms with van der Waals surface area (Å²) in [6.45, 7) is 0.